The third kappa shape index (κ3) is 3.06. The van der Waals surface area contributed by atoms with E-state index in [-0.39, 0.29) is 5.60 Å². The van der Waals surface area contributed by atoms with Crippen LogP contribution in [0.3, 0.4) is 0 Å². The highest BCUT2D eigenvalue weighted by Gasteiger charge is 2.41. The van der Waals surface area contributed by atoms with Crippen LogP contribution in [0.4, 0.5) is 0 Å². The van der Waals surface area contributed by atoms with Crippen LogP contribution in [0, 0.1) is 5.92 Å². The first-order chi connectivity index (χ1) is 9.83. The first-order valence-corrected chi connectivity index (χ1v) is 8.54. The number of nitrogens with one attached hydrogen (secondary N) is 1. The molecular weight excluding hydrogens is 272 g/mol. The van der Waals surface area contributed by atoms with E-state index in [1.54, 1.807) is 11.3 Å². The molecule has 3 heterocycles. The summed E-state index contributed by atoms with van der Waals surface area (Å²) in [5, 5.41) is 3.66. The fourth-order valence-electron chi connectivity index (χ4n) is 3.54. The number of hydrogen-bond donors (Lipinski definition) is 1. The van der Waals surface area contributed by atoms with E-state index in [1.165, 1.54) is 4.88 Å². The Labute approximate surface area is 124 Å². The normalized spacial score (nSPS) is 27.6. The molecule has 5 heteroatoms. The molecule has 2 fully saturated rings. The fourth-order valence-corrected chi connectivity index (χ4v) is 4.33. The first-order valence-electron chi connectivity index (χ1n) is 7.66. The maximum Gasteiger partial charge on any atom is 0.0794 e. The standard InChI is InChI=1S/C15H24N2O2S/c1-2-17-14(13-10-16-11-20-13)12-3-6-19-15(9-12)4-7-18-8-5-15/h10-12,14,17H,2-9H2,1H3. The lowest BCUT2D eigenvalue weighted by molar-refractivity contribution is -0.150. The summed E-state index contributed by atoms with van der Waals surface area (Å²) in [5.74, 6) is 0.641. The van der Waals surface area contributed by atoms with Crippen molar-refractivity contribution in [1.82, 2.24) is 10.3 Å². The number of aromatic nitrogens is 1. The minimum atomic E-state index is 0.0690. The SMILES string of the molecule is CCNC(c1cncs1)C1CCOC2(CCOCC2)C1. The van der Waals surface area contributed by atoms with Gasteiger partial charge in [0.1, 0.15) is 0 Å². The number of nitrogens with zero attached hydrogens (tertiary/aromatic N) is 1. The van der Waals surface area contributed by atoms with Crippen molar-refractivity contribution in [3.63, 3.8) is 0 Å². The van der Waals surface area contributed by atoms with Crippen molar-refractivity contribution in [2.75, 3.05) is 26.4 Å². The summed E-state index contributed by atoms with van der Waals surface area (Å²) in [5.41, 5.74) is 2.00. The van der Waals surface area contributed by atoms with Gasteiger partial charge in [0.25, 0.3) is 0 Å². The summed E-state index contributed by atoms with van der Waals surface area (Å²) in [4.78, 5) is 5.61. The van der Waals surface area contributed by atoms with Crippen LogP contribution in [0.2, 0.25) is 0 Å². The van der Waals surface area contributed by atoms with E-state index in [4.69, 9.17) is 9.47 Å². The van der Waals surface area contributed by atoms with Crippen molar-refractivity contribution in [3.05, 3.63) is 16.6 Å². The number of thiazole rings is 1. The molecule has 20 heavy (non-hydrogen) atoms. The van der Waals surface area contributed by atoms with Gasteiger partial charge in [-0.2, -0.15) is 0 Å². The molecule has 1 N–H and O–H groups in total. The molecule has 0 radical (unpaired) electrons. The zero-order valence-corrected chi connectivity index (χ0v) is 13.0. The Hall–Kier alpha value is -0.490. The second-order valence-corrected chi connectivity index (χ2v) is 6.75. The van der Waals surface area contributed by atoms with Crippen LogP contribution in [0.15, 0.2) is 11.7 Å². The summed E-state index contributed by atoms with van der Waals surface area (Å²) in [6.07, 6.45) is 6.39. The maximum atomic E-state index is 6.16. The van der Waals surface area contributed by atoms with Crippen molar-refractivity contribution in [2.24, 2.45) is 5.92 Å². The van der Waals surface area contributed by atoms with E-state index in [2.05, 4.69) is 17.2 Å². The molecule has 112 valence electrons. The van der Waals surface area contributed by atoms with E-state index in [0.29, 0.717) is 12.0 Å². The Balaban J connectivity index is 1.73. The number of rotatable bonds is 4. The fraction of sp³-hybridized carbons (Fsp3) is 0.800. The predicted molar refractivity (Wildman–Crippen MR) is 80.0 cm³/mol. The quantitative estimate of drug-likeness (QED) is 0.928. The van der Waals surface area contributed by atoms with Crippen LogP contribution in [0.25, 0.3) is 0 Å². The molecule has 0 aliphatic carbocycles. The molecule has 2 aliphatic rings. The molecular formula is C15H24N2O2S. The Kier molecular flexibility index (Phi) is 4.71. The molecule has 1 aromatic rings. The number of ether oxygens (including phenoxy) is 2. The van der Waals surface area contributed by atoms with Gasteiger partial charge in [-0.05, 0) is 38.1 Å². The molecule has 2 aliphatic heterocycles. The molecule has 1 aromatic heterocycles. The lowest BCUT2D eigenvalue weighted by atomic mass is 9.77. The van der Waals surface area contributed by atoms with Crippen LogP contribution in [-0.4, -0.2) is 37.0 Å². The van der Waals surface area contributed by atoms with E-state index < -0.39 is 0 Å². The highest BCUT2D eigenvalue weighted by atomic mass is 32.1. The molecule has 0 amide bonds. The molecule has 3 rings (SSSR count). The second kappa shape index (κ2) is 6.52. The van der Waals surface area contributed by atoms with Crippen molar-refractivity contribution in [2.45, 2.75) is 44.2 Å². The van der Waals surface area contributed by atoms with Gasteiger partial charge in [0.15, 0.2) is 0 Å². The zero-order valence-electron chi connectivity index (χ0n) is 12.1. The van der Waals surface area contributed by atoms with Gasteiger partial charge in [0.2, 0.25) is 0 Å². The predicted octanol–water partition coefficient (Wildman–Crippen LogP) is 2.77. The van der Waals surface area contributed by atoms with Gasteiger partial charge in [0, 0.05) is 36.9 Å². The Morgan fingerprint density at radius 3 is 3.00 bits per heavy atom. The van der Waals surface area contributed by atoms with E-state index >= 15 is 0 Å². The third-order valence-electron chi connectivity index (χ3n) is 4.59. The maximum absolute atomic E-state index is 6.16. The highest BCUT2D eigenvalue weighted by Crippen LogP contribution is 2.42. The Morgan fingerprint density at radius 1 is 1.45 bits per heavy atom. The van der Waals surface area contributed by atoms with Gasteiger partial charge in [-0.15, -0.1) is 11.3 Å². The van der Waals surface area contributed by atoms with Crippen LogP contribution in [0.1, 0.15) is 43.5 Å². The monoisotopic (exact) mass is 296 g/mol. The van der Waals surface area contributed by atoms with Crippen molar-refractivity contribution in [1.29, 1.82) is 0 Å². The average Bonchev–Trinajstić information content (AvgIpc) is 2.99. The first kappa shape index (κ1) is 14.4. The molecule has 0 bridgehead atoms. The van der Waals surface area contributed by atoms with Crippen molar-refractivity contribution in [3.8, 4) is 0 Å². The third-order valence-corrected chi connectivity index (χ3v) is 5.45. The lowest BCUT2D eigenvalue weighted by Crippen LogP contribution is -2.46. The summed E-state index contributed by atoms with van der Waals surface area (Å²) in [6.45, 7) is 5.75. The topological polar surface area (TPSA) is 43.4 Å². The van der Waals surface area contributed by atoms with Crippen LogP contribution in [-0.2, 0) is 9.47 Å². The van der Waals surface area contributed by atoms with Gasteiger partial charge >= 0.3 is 0 Å². The highest BCUT2D eigenvalue weighted by molar-refractivity contribution is 7.09. The zero-order chi connectivity index (χ0) is 13.8. The van der Waals surface area contributed by atoms with Crippen molar-refractivity contribution >= 4 is 11.3 Å². The van der Waals surface area contributed by atoms with Gasteiger partial charge < -0.3 is 14.8 Å². The molecule has 0 aromatic carbocycles. The molecule has 2 atom stereocenters. The Morgan fingerprint density at radius 2 is 2.30 bits per heavy atom. The number of hydrogen-bond acceptors (Lipinski definition) is 5. The molecule has 0 saturated carbocycles. The molecule has 2 saturated heterocycles. The summed E-state index contributed by atoms with van der Waals surface area (Å²) in [7, 11) is 0. The summed E-state index contributed by atoms with van der Waals surface area (Å²) < 4.78 is 11.7. The van der Waals surface area contributed by atoms with Crippen LogP contribution >= 0.6 is 11.3 Å². The van der Waals surface area contributed by atoms with Crippen LogP contribution in [0.5, 0.6) is 0 Å². The minimum absolute atomic E-state index is 0.0690. The second-order valence-electron chi connectivity index (χ2n) is 5.84. The lowest BCUT2D eigenvalue weighted by Gasteiger charge is -2.45. The van der Waals surface area contributed by atoms with E-state index in [0.717, 1.165) is 52.0 Å². The molecule has 2 unspecified atom stereocenters. The van der Waals surface area contributed by atoms with E-state index in [1.807, 2.05) is 11.7 Å². The van der Waals surface area contributed by atoms with Crippen LogP contribution < -0.4 is 5.32 Å². The Bertz CT molecular complexity index is 399. The smallest absolute Gasteiger partial charge is 0.0794 e. The van der Waals surface area contributed by atoms with Crippen molar-refractivity contribution < 1.29 is 9.47 Å². The van der Waals surface area contributed by atoms with Gasteiger partial charge in [-0.3, -0.25) is 4.98 Å². The summed E-state index contributed by atoms with van der Waals surface area (Å²) in [6, 6.07) is 0.427. The molecule has 1 spiro atoms. The summed E-state index contributed by atoms with van der Waals surface area (Å²) >= 11 is 1.76. The largest absolute Gasteiger partial charge is 0.381 e. The van der Waals surface area contributed by atoms with E-state index in [9.17, 15) is 0 Å². The van der Waals surface area contributed by atoms with Gasteiger partial charge in [0.05, 0.1) is 11.1 Å². The molecule has 4 nitrogen and oxygen atoms in total. The van der Waals surface area contributed by atoms with Gasteiger partial charge in [-0.25, -0.2) is 0 Å². The minimum Gasteiger partial charge on any atom is -0.381 e. The van der Waals surface area contributed by atoms with Gasteiger partial charge in [-0.1, -0.05) is 6.92 Å². The average molecular weight is 296 g/mol.